The average Bonchev–Trinajstić information content (AvgIpc) is 3.01. The number of ether oxygens (including phenoxy) is 2. The number of nitrogens with zero attached hydrogens (tertiary/aromatic N) is 2. The second-order valence-corrected chi connectivity index (χ2v) is 13.4. The number of hydrogen-bond acceptors (Lipinski definition) is 3. The standard InChI is InChI=1S/C22H26N2O2Si/c1-5-21-20-15-19(26-16-18-9-7-6-8-10-18)11-12-22(20)24(23-21)17-25-13-14-27(2,3)4/h1,6-12,15H,13-14,16-17H2,2-4H3. The van der Waals surface area contributed by atoms with Gasteiger partial charge in [0.15, 0.2) is 0 Å². The van der Waals surface area contributed by atoms with Crippen molar-refractivity contribution in [1.29, 1.82) is 0 Å². The summed E-state index contributed by atoms with van der Waals surface area (Å²) in [5.41, 5.74) is 2.70. The Bertz CT molecular complexity index is 937. The molecule has 0 aliphatic carbocycles. The largest absolute Gasteiger partial charge is 0.489 e. The molecule has 0 spiro atoms. The molecule has 0 unspecified atom stereocenters. The zero-order valence-corrected chi connectivity index (χ0v) is 17.2. The fraction of sp³-hybridized carbons (Fsp3) is 0.318. The van der Waals surface area contributed by atoms with Gasteiger partial charge in [0.2, 0.25) is 0 Å². The number of terminal acetylenes is 1. The average molecular weight is 379 g/mol. The van der Waals surface area contributed by atoms with Crippen LogP contribution >= 0.6 is 0 Å². The molecule has 0 bridgehead atoms. The predicted molar refractivity (Wildman–Crippen MR) is 113 cm³/mol. The van der Waals surface area contributed by atoms with Crippen molar-refractivity contribution < 1.29 is 9.47 Å². The zero-order chi connectivity index (χ0) is 19.3. The highest BCUT2D eigenvalue weighted by molar-refractivity contribution is 6.76. The van der Waals surface area contributed by atoms with E-state index in [-0.39, 0.29) is 0 Å². The summed E-state index contributed by atoms with van der Waals surface area (Å²) in [5, 5.41) is 5.43. The van der Waals surface area contributed by atoms with E-state index in [1.54, 1.807) is 0 Å². The van der Waals surface area contributed by atoms with Gasteiger partial charge in [-0.3, -0.25) is 0 Å². The quantitative estimate of drug-likeness (QED) is 0.317. The van der Waals surface area contributed by atoms with E-state index in [1.165, 1.54) is 0 Å². The molecule has 2 aromatic carbocycles. The summed E-state index contributed by atoms with van der Waals surface area (Å²) in [6.45, 7) is 8.70. The molecule has 3 aromatic rings. The van der Waals surface area contributed by atoms with E-state index in [0.717, 1.165) is 34.9 Å². The molecule has 0 saturated heterocycles. The van der Waals surface area contributed by atoms with E-state index >= 15 is 0 Å². The van der Waals surface area contributed by atoms with Gasteiger partial charge in [-0.1, -0.05) is 50.0 Å². The van der Waals surface area contributed by atoms with Crippen LogP contribution in [0.15, 0.2) is 48.5 Å². The van der Waals surface area contributed by atoms with Crippen molar-refractivity contribution in [2.45, 2.75) is 39.0 Å². The molecule has 27 heavy (non-hydrogen) atoms. The number of aromatic nitrogens is 2. The SMILES string of the molecule is C#Cc1nn(COCC[Si](C)(C)C)c2ccc(OCc3ccccc3)cc12. The van der Waals surface area contributed by atoms with Crippen molar-refractivity contribution in [3.05, 3.63) is 59.8 Å². The molecule has 3 rings (SSSR count). The summed E-state index contributed by atoms with van der Waals surface area (Å²) in [6, 6.07) is 17.1. The number of hydrogen-bond donors (Lipinski definition) is 0. The molecule has 1 heterocycles. The van der Waals surface area contributed by atoms with Crippen LogP contribution in [0.3, 0.4) is 0 Å². The van der Waals surface area contributed by atoms with Crippen molar-refractivity contribution in [3.63, 3.8) is 0 Å². The molecule has 0 aliphatic heterocycles. The zero-order valence-electron chi connectivity index (χ0n) is 16.2. The molecular formula is C22H26N2O2Si. The van der Waals surface area contributed by atoms with E-state index < -0.39 is 8.07 Å². The van der Waals surface area contributed by atoms with Crippen molar-refractivity contribution in [2.75, 3.05) is 6.61 Å². The van der Waals surface area contributed by atoms with Crippen LogP contribution in [-0.2, 0) is 18.1 Å². The third kappa shape index (κ3) is 5.22. The topological polar surface area (TPSA) is 36.3 Å². The summed E-state index contributed by atoms with van der Waals surface area (Å²) < 4.78 is 13.6. The molecule has 0 amide bonds. The minimum atomic E-state index is -1.10. The Balaban J connectivity index is 1.71. The van der Waals surface area contributed by atoms with Gasteiger partial charge in [0.1, 0.15) is 24.8 Å². The lowest BCUT2D eigenvalue weighted by atomic mass is 10.2. The normalized spacial score (nSPS) is 11.5. The van der Waals surface area contributed by atoms with Crippen LogP contribution in [0.25, 0.3) is 10.9 Å². The highest BCUT2D eigenvalue weighted by Crippen LogP contribution is 2.24. The lowest BCUT2D eigenvalue weighted by Gasteiger charge is -2.15. The Morgan fingerprint density at radius 2 is 1.89 bits per heavy atom. The van der Waals surface area contributed by atoms with Crippen molar-refractivity contribution in [3.8, 4) is 18.1 Å². The first-order valence-corrected chi connectivity index (χ1v) is 12.9. The van der Waals surface area contributed by atoms with Gasteiger partial charge in [-0.2, -0.15) is 5.10 Å². The second kappa shape index (κ2) is 8.42. The second-order valence-electron chi connectivity index (χ2n) is 7.79. The Kier molecular flexibility index (Phi) is 6.00. The summed E-state index contributed by atoms with van der Waals surface area (Å²) in [5.74, 6) is 3.45. The Hall–Kier alpha value is -2.55. The first-order valence-electron chi connectivity index (χ1n) is 9.18. The van der Waals surface area contributed by atoms with Crippen molar-refractivity contribution in [2.24, 2.45) is 0 Å². The summed E-state index contributed by atoms with van der Waals surface area (Å²) >= 11 is 0. The molecule has 1 aromatic heterocycles. The fourth-order valence-corrected chi connectivity index (χ4v) is 3.48. The molecule has 0 saturated carbocycles. The van der Waals surface area contributed by atoms with E-state index in [0.29, 0.717) is 19.0 Å². The summed E-state index contributed by atoms with van der Waals surface area (Å²) in [7, 11) is -1.10. The van der Waals surface area contributed by atoms with Gasteiger partial charge in [0.05, 0.1) is 5.52 Å². The number of benzene rings is 2. The van der Waals surface area contributed by atoms with Crippen LogP contribution in [0.1, 0.15) is 11.3 Å². The highest BCUT2D eigenvalue weighted by atomic mass is 28.3. The Labute approximate surface area is 162 Å². The van der Waals surface area contributed by atoms with Crippen LogP contribution < -0.4 is 4.74 Å². The van der Waals surface area contributed by atoms with E-state index in [2.05, 4.69) is 30.7 Å². The third-order valence-electron chi connectivity index (χ3n) is 4.32. The molecule has 0 N–H and O–H groups in total. The lowest BCUT2D eigenvalue weighted by molar-refractivity contribution is 0.0816. The maximum atomic E-state index is 5.91. The molecule has 0 atom stereocenters. The summed E-state index contributed by atoms with van der Waals surface area (Å²) in [6.07, 6.45) is 5.65. The fourth-order valence-electron chi connectivity index (χ4n) is 2.72. The molecule has 0 aliphatic rings. The third-order valence-corrected chi connectivity index (χ3v) is 6.02. The van der Waals surface area contributed by atoms with Crippen molar-refractivity contribution in [1.82, 2.24) is 9.78 Å². The van der Waals surface area contributed by atoms with Crippen LogP contribution in [0.4, 0.5) is 0 Å². The molecule has 140 valence electrons. The maximum Gasteiger partial charge on any atom is 0.143 e. The van der Waals surface area contributed by atoms with Gasteiger partial charge < -0.3 is 9.47 Å². The van der Waals surface area contributed by atoms with Crippen LogP contribution in [0.2, 0.25) is 25.7 Å². The first-order chi connectivity index (χ1) is 13.0. The van der Waals surface area contributed by atoms with E-state index in [9.17, 15) is 0 Å². The minimum Gasteiger partial charge on any atom is -0.489 e. The number of rotatable bonds is 8. The van der Waals surface area contributed by atoms with E-state index in [1.807, 2.05) is 53.2 Å². The Morgan fingerprint density at radius 1 is 1.11 bits per heavy atom. The molecular weight excluding hydrogens is 352 g/mol. The van der Waals surface area contributed by atoms with Crippen LogP contribution in [0.5, 0.6) is 5.75 Å². The van der Waals surface area contributed by atoms with Gasteiger partial charge in [-0.15, -0.1) is 6.42 Å². The van der Waals surface area contributed by atoms with Gasteiger partial charge in [0, 0.05) is 20.1 Å². The van der Waals surface area contributed by atoms with Gasteiger partial charge in [-0.25, -0.2) is 4.68 Å². The van der Waals surface area contributed by atoms with Crippen LogP contribution in [0, 0.1) is 12.3 Å². The molecule has 0 radical (unpaired) electrons. The lowest BCUT2D eigenvalue weighted by Crippen LogP contribution is -2.22. The smallest absolute Gasteiger partial charge is 0.143 e. The van der Waals surface area contributed by atoms with Crippen LogP contribution in [-0.4, -0.2) is 24.5 Å². The maximum absolute atomic E-state index is 5.91. The van der Waals surface area contributed by atoms with Gasteiger partial charge in [-0.05, 0) is 35.7 Å². The predicted octanol–water partition coefficient (Wildman–Crippen LogP) is 4.91. The summed E-state index contributed by atoms with van der Waals surface area (Å²) in [4.78, 5) is 0. The minimum absolute atomic E-state index is 0.410. The van der Waals surface area contributed by atoms with Crippen molar-refractivity contribution >= 4 is 19.0 Å². The molecule has 5 heteroatoms. The van der Waals surface area contributed by atoms with Gasteiger partial charge >= 0.3 is 0 Å². The highest BCUT2D eigenvalue weighted by Gasteiger charge is 2.13. The Morgan fingerprint density at radius 3 is 2.59 bits per heavy atom. The first kappa shape index (κ1) is 19.2. The number of fused-ring (bicyclic) bond motifs is 1. The molecule has 0 fully saturated rings. The molecule has 4 nitrogen and oxygen atoms in total. The van der Waals surface area contributed by atoms with Gasteiger partial charge in [0.25, 0.3) is 0 Å². The van der Waals surface area contributed by atoms with E-state index in [4.69, 9.17) is 15.9 Å². The monoisotopic (exact) mass is 378 g/mol.